The van der Waals surface area contributed by atoms with E-state index in [9.17, 15) is 14.2 Å². The van der Waals surface area contributed by atoms with E-state index in [1.807, 2.05) is 0 Å². The van der Waals surface area contributed by atoms with Gasteiger partial charge >= 0.3 is 0 Å². The zero-order chi connectivity index (χ0) is 8.27. The Morgan fingerprint density at radius 3 is 1.91 bits per heavy atom. The van der Waals surface area contributed by atoms with Gasteiger partial charge in [0.25, 0.3) is 0 Å². The Hall–Kier alpha value is -1.65. The van der Waals surface area contributed by atoms with E-state index in [0.29, 0.717) is 0 Å². The van der Waals surface area contributed by atoms with E-state index in [4.69, 9.17) is 0 Å². The minimum atomic E-state index is -0.975. The predicted octanol–water partition coefficient (Wildman–Crippen LogP) is 2.62. The Morgan fingerprint density at radius 2 is 1.55 bits per heavy atom. The highest BCUT2D eigenvalue weighted by Crippen LogP contribution is 2.25. The number of rotatable bonds is 2. The molecule has 5 heteroatoms. The SMILES string of the molecule is O=Nc1cccc(N=O)c1F. The maximum atomic E-state index is 12.7. The summed E-state index contributed by atoms with van der Waals surface area (Å²) in [5.74, 6) is -0.975. The Kier molecular flexibility index (Phi) is 2.00. The molecule has 0 radical (unpaired) electrons. The molecule has 0 unspecified atom stereocenters. The van der Waals surface area contributed by atoms with Gasteiger partial charge in [0.2, 0.25) is 0 Å². The summed E-state index contributed by atoms with van der Waals surface area (Å²) in [5, 5.41) is 4.71. The Bertz CT molecular complexity index is 274. The van der Waals surface area contributed by atoms with Crippen molar-refractivity contribution in [2.45, 2.75) is 0 Å². The summed E-state index contributed by atoms with van der Waals surface area (Å²) in [4.78, 5) is 19.7. The summed E-state index contributed by atoms with van der Waals surface area (Å²) in [7, 11) is 0. The van der Waals surface area contributed by atoms with Gasteiger partial charge in [-0.05, 0) is 22.5 Å². The van der Waals surface area contributed by atoms with Crippen molar-refractivity contribution in [1.29, 1.82) is 0 Å². The maximum Gasteiger partial charge on any atom is 0.181 e. The molecule has 56 valence electrons. The summed E-state index contributed by atoms with van der Waals surface area (Å²) >= 11 is 0. The maximum absolute atomic E-state index is 12.7. The average Bonchev–Trinajstić information content (AvgIpc) is 2.05. The highest BCUT2D eigenvalue weighted by atomic mass is 19.1. The van der Waals surface area contributed by atoms with Gasteiger partial charge in [0.15, 0.2) is 5.82 Å². The second-order valence-electron chi connectivity index (χ2n) is 1.79. The number of benzene rings is 1. The molecule has 0 aliphatic carbocycles. The third kappa shape index (κ3) is 1.26. The molecule has 0 amide bonds. The smallest absolute Gasteiger partial charge is 0.181 e. The largest absolute Gasteiger partial charge is 0.202 e. The molecule has 0 atom stereocenters. The average molecular weight is 154 g/mol. The summed E-state index contributed by atoms with van der Waals surface area (Å²) in [6.07, 6.45) is 0. The first-order chi connectivity index (χ1) is 5.29. The quantitative estimate of drug-likeness (QED) is 0.614. The van der Waals surface area contributed by atoms with Crippen LogP contribution in [0.5, 0.6) is 0 Å². The second-order valence-corrected chi connectivity index (χ2v) is 1.79. The Labute approximate surface area is 61.0 Å². The third-order valence-electron chi connectivity index (χ3n) is 1.15. The van der Waals surface area contributed by atoms with Crippen LogP contribution in [-0.4, -0.2) is 0 Å². The fraction of sp³-hybridized carbons (Fsp3) is 0. The minimum Gasteiger partial charge on any atom is -0.202 e. The highest BCUT2D eigenvalue weighted by molar-refractivity contribution is 5.51. The van der Waals surface area contributed by atoms with Crippen molar-refractivity contribution < 1.29 is 4.39 Å². The predicted molar refractivity (Wildman–Crippen MR) is 37.3 cm³/mol. The van der Waals surface area contributed by atoms with Crippen LogP contribution in [0.3, 0.4) is 0 Å². The summed E-state index contributed by atoms with van der Waals surface area (Å²) < 4.78 is 12.7. The van der Waals surface area contributed by atoms with E-state index < -0.39 is 17.2 Å². The van der Waals surface area contributed by atoms with Gasteiger partial charge in [-0.15, -0.1) is 9.81 Å². The minimum absolute atomic E-state index is 0.401. The Balaban J connectivity index is 3.30. The lowest BCUT2D eigenvalue weighted by Crippen LogP contribution is -1.74. The molecule has 0 heterocycles. The first-order valence-corrected chi connectivity index (χ1v) is 2.75. The molecule has 0 saturated heterocycles. The molecule has 0 aliphatic rings. The number of nitrogens with zero attached hydrogens (tertiary/aromatic N) is 2. The van der Waals surface area contributed by atoms with Gasteiger partial charge in [0, 0.05) is 0 Å². The molecule has 1 aromatic rings. The van der Waals surface area contributed by atoms with E-state index >= 15 is 0 Å². The molecule has 1 rings (SSSR count). The molecule has 0 saturated carbocycles. The van der Waals surface area contributed by atoms with Crippen LogP contribution in [0.2, 0.25) is 0 Å². The number of hydrogen-bond acceptors (Lipinski definition) is 4. The molecule has 4 nitrogen and oxygen atoms in total. The Morgan fingerprint density at radius 1 is 1.09 bits per heavy atom. The van der Waals surface area contributed by atoms with Gasteiger partial charge in [-0.2, -0.15) is 0 Å². The third-order valence-corrected chi connectivity index (χ3v) is 1.15. The van der Waals surface area contributed by atoms with Crippen molar-refractivity contribution in [3.8, 4) is 0 Å². The number of hydrogen-bond donors (Lipinski definition) is 0. The molecule has 1 aromatic carbocycles. The van der Waals surface area contributed by atoms with Crippen LogP contribution in [0.1, 0.15) is 0 Å². The van der Waals surface area contributed by atoms with Gasteiger partial charge in [-0.25, -0.2) is 4.39 Å². The van der Waals surface area contributed by atoms with Crippen LogP contribution in [0.25, 0.3) is 0 Å². The fourth-order valence-corrected chi connectivity index (χ4v) is 0.649. The van der Waals surface area contributed by atoms with Crippen LogP contribution in [-0.2, 0) is 0 Å². The van der Waals surface area contributed by atoms with Gasteiger partial charge in [0.1, 0.15) is 11.4 Å². The lowest BCUT2D eigenvalue weighted by atomic mass is 10.3. The second kappa shape index (κ2) is 2.96. The first-order valence-electron chi connectivity index (χ1n) is 2.75. The van der Waals surface area contributed by atoms with Crippen molar-refractivity contribution in [3.63, 3.8) is 0 Å². The molecule has 0 N–H and O–H groups in total. The van der Waals surface area contributed by atoms with Gasteiger partial charge in [0.05, 0.1) is 0 Å². The lowest BCUT2D eigenvalue weighted by molar-refractivity contribution is 0.631. The number of nitroso groups, excluding NO2 is 2. The summed E-state index contributed by atoms with van der Waals surface area (Å²) in [5.41, 5.74) is -0.802. The summed E-state index contributed by atoms with van der Waals surface area (Å²) in [6.45, 7) is 0. The molecule has 0 spiro atoms. The molecule has 0 aliphatic heterocycles. The van der Waals surface area contributed by atoms with Crippen molar-refractivity contribution in [2.24, 2.45) is 10.4 Å². The lowest BCUT2D eigenvalue weighted by Gasteiger charge is -1.92. The van der Waals surface area contributed by atoms with E-state index in [1.165, 1.54) is 6.07 Å². The molecular formula is C6H3FN2O2. The van der Waals surface area contributed by atoms with E-state index in [2.05, 4.69) is 10.4 Å². The zero-order valence-corrected chi connectivity index (χ0v) is 5.32. The van der Waals surface area contributed by atoms with Crippen LogP contribution in [0.4, 0.5) is 15.8 Å². The normalized spacial score (nSPS) is 9.18. The van der Waals surface area contributed by atoms with Crippen LogP contribution < -0.4 is 0 Å². The highest BCUT2D eigenvalue weighted by Gasteiger charge is 2.07. The van der Waals surface area contributed by atoms with Crippen LogP contribution in [0.15, 0.2) is 28.6 Å². The molecule has 0 fully saturated rings. The van der Waals surface area contributed by atoms with Gasteiger partial charge < -0.3 is 0 Å². The monoisotopic (exact) mass is 154 g/mol. The van der Waals surface area contributed by atoms with Gasteiger partial charge in [-0.1, -0.05) is 6.07 Å². The van der Waals surface area contributed by atoms with Gasteiger partial charge in [-0.3, -0.25) is 0 Å². The van der Waals surface area contributed by atoms with Crippen molar-refractivity contribution in [3.05, 3.63) is 33.8 Å². The molecular weight excluding hydrogens is 151 g/mol. The van der Waals surface area contributed by atoms with Crippen molar-refractivity contribution in [2.75, 3.05) is 0 Å². The molecule has 0 aromatic heterocycles. The van der Waals surface area contributed by atoms with E-state index in [0.717, 1.165) is 12.1 Å². The van der Waals surface area contributed by atoms with E-state index in [1.54, 1.807) is 0 Å². The fourth-order valence-electron chi connectivity index (χ4n) is 0.649. The summed E-state index contributed by atoms with van der Waals surface area (Å²) in [6, 6.07) is 3.66. The van der Waals surface area contributed by atoms with Crippen LogP contribution in [0, 0.1) is 15.6 Å². The molecule has 11 heavy (non-hydrogen) atoms. The van der Waals surface area contributed by atoms with Crippen molar-refractivity contribution >= 4 is 11.4 Å². The molecule has 0 bridgehead atoms. The van der Waals surface area contributed by atoms with Crippen molar-refractivity contribution in [1.82, 2.24) is 0 Å². The van der Waals surface area contributed by atoms with E-state index in [-0.39, 0.29) is 0 Å². The topological polar surface area (TPSA) is 58.9 Å². The standard InChI is InChI=1S/C6H3FN2O2/c7-6-4(8-10)2-1-3-5(6)9-11/h1-3H. The number of halogens is 1. The van der Waals surface area contributed by atoms with Crippen LogP contribution >= 0.6 is 0 Å². The zero-order valence-electron chi connectivity index (χ0n) is 5.32. The first kappa shape index (κ1) is 7.46.